The van der Waals surface area contributed by atoms with E-state index in [1.54, 1.807) is 17.3 Å². The number of hydrogen-bond acceptors (Lipinski definition) is 2. The van der Waals surface area contributed by atoms with Crippen molar-refractivity contribution >= 4 is 39.3 Å². The summed E-state index contributed by atoms with van der Waals surface area (Å²) in [4.78, 5) is 19.0. The van der Waals surface area contributed by atoms with Crippen molar-refractivity contribution in [3.8, 4) is 0 Å². The van der Waals surface area contributed by atoms with Gasteiger partial charge in [-0.25, -0.2) is 0 Å². The molecule has 0 saturated heterocycles. The molecule has 0 radical (unpaired) electrons. The second-order valence-corrected chi connectivity index (χ2v) is 6.81. The third-order valence-electron chi connectivity index (χ3n) is 4.15. The predicted molar refractivity (Wildman–Crippen MR) is 108 cm³/mol. The maximum absolute atomic E-state index is 13.1. The molecule has 0 aliphatic carbocycles. The van der Waals surface area contributed by atoms with Gasteiger partial charge < -0.3 is 0 Å². The van der Waals surface area contributed by atoms with Gasteiger partial charge in [-0.3, -0.25) is 14.7 Å². The molecule has 1 aliphatic rings. The van der Waals surface area contributed by atoms with Gasteiger partial charge in [0.1, 0.15) is 0 Å². The van der Waals surface area contributed by atoms with Crippen molar-refractivity contribution in [3.63, 3.8) is 0 Å². The van der Waals surface area contributed by atoms with E-state index in [4.69, 9.17) is 0 Å². The van der Waals surface area contributed by atoms with Crippen molar-refractivity contribution in [1.82, 2.24) is 4.98 Å². The minimum absolute atomic E-state index is 0.0558. The molecule has 0 unspecified atom stereocenters. The molecular weight excluding hydrogens is 388 g/mol. The Balaban J connectivity index is 1.81. The van der Waals surface area contributed by atoms with E-state index in [0.717, 1.165) is 27.0 Å². The fraction of sp³-hybridized carbons (Fsp3) is 0. The number of benzene rings is 2. The number of rotatable bonds is 3. The molecule has 3 nitrogen and oxygen atoms in total. The van der Waals surface area contributed by atoms with Gasteiger partial charge in [-0.2, -0.15) is 0 Å². The van der Waals surface area contributed by atoms with E-state index in [9.17, 15) is 4.79 Å². The van der Waals surface area contributed by atoms with Gasteiger partial charge in [-0.1, -0.05) is 58.4 Å². The van der Waals surface area contributed by atoms with Gasteiger partial charge in [-0.05, 0) is 47.5 Å². The normalized spacial score (nSPS) is 15.4. The third kappa shape index (κ3) is 3.24. The van der Waals surface area contributed by atoms with Crippen LogP contribution in [0.5, 0.6) is 0 Å². The molecule has 4 heteroatoms. The van der Waals surface area contributed by atoms with E-state index in [2.05, 4.69) is 20.9 Å². The number of pyridine rings is 1. The van der Waals surface area contributed by atoms with Crippen molar-refractivity contribution in [2.45, 2.75) is 0 Å². The number of nitrogens with zero attached hydrogens (tertiary/aromatic N) is 2. The van der Waals surface area contributed by atoms with Gasteiger partial charge in [-0.15, -0.1) is 0 Å². The molecule has 0 fully saturated rings. The maximum Gasteiger partial charge on any atom is 0.263 e. The lowest BCUT2D eigenvalue weighted by Crippen LogP contribution is -2.25. The van der Waals surface area contributed by atoms with Crippen LogP contribution in [0.3, 0.4) is 0 Å². The fourth-order valence-corrected chi connectivity index (χ4v) is 3.18. The van der Waals surface area contributed by atoms with Gasteiger partial charge >= 0.3 is 0 Å². The molecule has 26 heavy (non-hydrogen) atoms. The maximum atomic E-state index is 13.1. The van der Waals surface area contributed by atoms with Crippen molar-refractivity contribution in [1.29, 1.82) is 0 Å². The summed E-state index contributed by atoms with van der Waals surface area (Å²) in [6.45, 7) is 0. The number of amides is 1. The van der Waals surface area contributed by atoms with Gasteiger partial charge in [0.25, 0.3) is 5.91 Å². The van der Waals surface area contributed by atoms with E-state index in [1.165, 1.54) is 0 Å². The smallest absolute Gasteiger partial charge is 0.263 e. The van der Waals surface area contributed by atoms with Crippen LogP contribution in [0.4, 0.5) is 5.69 Å². The molecule has 0 saturated carbocycles. The summed E-state index contributed by atoms with van der Waals surface area (Å²) in [7, 11) is 0. The monoisotopic (exact) mass is 402 g/mol. The zero-order valence-electron chi connectivity index (χ0n) is 13.8. The highest BCUT2D eigenvalue weighted by Crippen LogP contribution is 2.34. The van der Waals surface area contributed by atoms with Crippen molar-refractivity contribution in [2.75, 3.05) is 4.90 Å². The minimum Gasteiger partial charge on any atom is -0.275 e. The Bertz CT molecular complexity index is 993. The molecule has 1 aliphatic heterocycles. The average Bonchev–Trinajstić information content (AvgIpc) is 3.01. The van der Waals surface area contributed by atoms with E-state index in [-0.39, 0.29) is 5.91 Å². The lowest BCUT2D eigenvalue weighted by atomic mass is 10.1. The lowest BCUT2D eigenvalue weighted by Gasteiger charge is -2.20. The van der Waals surface area contributed by atoms with Gasteiger partial charge in [0.15, 0.2) is 0 Å². The van der Waals surface area contributed by atoms with E-state index in [1.807, 2.05) is 78.9 Å². The second kappa shape index (κ2) is 7.10. The first-order valence-electron chi connectivity index (χ1n) is 8.21. The fourth-order valence-electron chi connectivity index (χ4n) is 2.92. The number of hydrogen-bond donors (Lipinski definition) is 0. The zero-order chi connectivity index (χ0) is 17.9. The molecule has 0 atom stereocenters. The standard InChI is InChI=1S/C22H15BrN2O/c23-19-10-8-16(9-11-19)13-18-14-21(17-5-2-1-3-6-17)25(22(18)26)20-7-4-12-24-15-20/h1-15H/b18-13+. The number of carbonyl (C=O) groups excluding carboxylic acids is 1. The molecule has 2 aromatic carbocycles. The summed E-state index contributed by atoms with van der Waals surface area (Å²) in [5.74, 6) is -0.0558. The Morgan fingerprint density at radius 1 is 0.923 bits per heavy atom. The van der Waals surface area contributed by atoms with Gasteiger partial charge in [0.2, 0.25) is 0 Å². The molecular formula is C22H15BrN2O. The largest absolute Gasteiger partial charge is 0.275 e. The minimum atomic E-state index is -0.0558. The van der Waals surface area contributed by atoms with Crippen LogP contribution in [0.15, 0.2) is 95.2 Å². The van der Waals surface area contributed by atoms with Crippen LogP contribution in [-0.2, 0) is 4.79 Å². The number of anilines is 1. The van der Waals surface area contributed by atoms with Crippen molar-refractivity contribution in [2.24, 2.45) is 0 Å². The molecule has 2 heterocycles. The van der Waals surface area contributed by atoms with Crippen LogP contribution in [0, 0.1) is 0 Å². The number of aromatic nitrogens is 1. The summed E-state index contributed by atoms with van der Waals surface area (Å²) < 4.78 is 1.01. The summed E-state index contributed by atoms with van der Waals surface area (Å²) >= 11 is 3.44. The quantitative estimate of drug-likeness (QED) is 0.555. The zero-order valence-corrected chi connectivity index (χ0v) is 15.4. The summed E-state index contributed by atoms with van der Waals surface area (Å²) in [6, 6.07) is 21.5. The Hall–Kier alpha value is -2.98. The first kappa shape index (κ1) is 16.5. The summed E-state index contributed by atoms with van der Waals surface area (Å²) in [5, 5.41) is 0. The lowest BCUT2D eigenvalue weighted by molar-refractivity contribution is -0.113. The third-order valence-corrected chi connectivity index (χ3v) is 4.68. The van der Waals surface area contributed by atoms with Gasteiger partial charge in [0, 0.05) is 16.2 Å². The molecule has 0 bridgehead atoms. The van der Waals surface area contributed by atoms with E-state index >= 15 is 0 Å². The Kier molecular flexibility index (Phi) is 4.50. The molecule has 4 rings (SSSR count). The van der Waals surface area contributed by atoms with Crippen LogP contribution in [-0.4, -0.2) is 10.9 Å². The Labute approximate surface area is 160 Å². The van der Waals surface area contributed by atoms with Crippen LogP contribution in [0.1, 0.15) is 11.1 Å². The SMILES string of the molecule is O=C1/C(=C/c2ccc(Br)cc2)C=C(c2ccccc2)N1c1cccnc1. The topological polar surface area (TPSA) is 33.2 Å². The first-order chi connectivity index (χ1) is 12.7. The highest BCUT2D eigenvalue weighted by atomic mass is 79.9. The Morgan fingerprint density at radius 2 is 1.69 bits per heavy atom. The van der Waals surface area contributed by atoms with Crippen LogP contribution < -0.4 is 4.90 Å². The summed E-state index contributed by atoms with van der Waals surface area (Å²) in [5.41, 5.74) is 4.23. The van der Waals surface area contributed by atoms with Crippen molar-refractivity contribution in [3.05, 3.63) is 106 Å². The predicted octanol–water partition coefficient (Wildman–Crippen LogP) is 5.32. The molecule has 126 valence electrons. The molecule has 0 N–H and O–H groups in total. The van der Waals surface area contributed by atoms with E-state index < -0.39 is 0 Å². The molecule has 1 amide bonds. The van der Waals surface area contributed by atoms with E-state index in [0.29, 0.717) is 5.57 Å². The first-order valence-corrected chi connectivity index (χ1v) is 9.00. The molecule has 0 spiro atoms. The van der Waals surface area contributed by atoms with Crippen LogP contribution in [0.2, 0.25) is 0 Å². The Morgan fingerprint density at radius 3 is 2.38 bits per heavy atom. The van der Waals surface area contributed by atoms with Crippen molar-refractivity contribution < 1.29 is 4.79 Å². The molecule has 1 aromatic heterocycles. The highest BCUT2D eigenvalue weighted by molar-refractivity contribution is 9.10. The number of halogens is 1. The van der Waals surface area contributed by atoms with Crippen LogP contribution >= 0.6 is 15.9 Å². The van der Waals surface area contributed by atoms with Gasteiger partial charge in [0.05, 0.1) is 17.6 Å². The highest BCUT2D eigenvalue weighted by Gasteiger charge is 2.30. The second-order valence-electron chi connectivity index (χ2n) is 5.90. The summed E-state index contributed by atoms with van der Waals surface area (Å²) in [6.07, 6.45) is 7.26. The molecule has 3 aromatic rings. The number of carbonyl (C=O) groups is 1. The van der Waals surface area contributed by atoms with Crippen LogP contribution in [0.25, 0.3) is 11.8 Å². The average molecular weight is 403 g/mol.